The van der Waals surface area contributed by atoms with Crippen molar-refractivity contribution in [2.75, 3.05) is 20.8 Å². The molecule has 182 valence electrons. The number of H-pyrrole nitrogens is 1. The van der Waals surface area contributed by atoms with Gasteiger partial charge in [-0.15, -0.1) is 0 Å². The van der Waals surface area contributed by atoms with Crippen LogP contribution < -0.4 is 15.0 Å². The number of nitrogens with one attached hydrogen (secondary N) is 1. The lowest BCUT2D eigenvalue weighted by Crippen LogP contribution is -2.34. The highest BCUT2D eigenvalue weighted by molar-refractivity contribution is 7.89. The number of pyridine rings is 1. The van der Waals surface area contributed by atoms with Crippen LogP contribution in [0.4, 0.5) is 0 Å². The summed E-state index contributed by atoms with van der Waals surface area (Å²) in [7, 11) is -0.791. The average molecular weight is 493 g/mol. The predicted octanol–water partition coefficient (Wildman–Crippen LogP) is 4.29. The number of hydrogen-bond acceptors (Lipinski definition) is 5. The molecular weight excluding hydrogens is 464 g/mol. The fourth-order valence-electron chi connectivity index (χ4n) is 3.98. The number of methoxy groups -OCH3 is 2. The smallest absolute Gasteiger partial charge is 0.252 e. The van der Waals surface area contributed by atoms with Gasteiger partial charge in [0.25, 0.3) is 5.56 Å². The van der Waals surface area contributed by atoms with Crippen molar-refractivity contribution in [3.63, 3.8) is 0 Å². The summed E-state index contributed by atoms with van der Waals surface area (Å²) in [6.07, 6.45) is 0.515. The van der Waals surface area contributed by atoms with Gasteiger partial charge in [-0.1, -0.05) is 24.3 Å². The summed E-state index contributed by atoms with van der Waals surface area (Å²) in [5.74, 6) is 1.22. The van der Waals surface area contributed by atoms with Crippen LogP contribution in [0, 0.1) is 6.92 Å². The maximum Gasteiger partial charge on any atom is 0.252 e. The van der Waals surface area contributed by atoms with Gasteiger partial charge in [-0.2, -0.15) is 4.31 Å². The van der Waals surface area contributed by atoms with Crippen molar-refractivity contribution >= 4 is 20.9 Å². The molecule has 0 aliphatic rings. The topological polar surface area (TPSA) is 88.7 Å². The molecule has 0 unspecified atom stereocenters. The Hall–Kier alpha value is -3.62. The molecule has 0 aliphatic heterocycles. The molecular formula is C27H28N2O5S. The van der Waals surface area contributed by atoms with E-state index < -0.39 is 10.0 Å². The summed E-state index contributed by atoms with van der Waals surface area (Å²) in [5.41, 5.74) is 2.83. The van der Waals surface area contributed by atoms with E-state index in [9.17, 15) is 13.2 Å². The van der Waals surface area contributed by atoms with Gasteiger partial charge in [0.15, 0.2) is 0 Å². The minimum atomic E-state index is -3.89. The Bertz CT molecular complexity index is 1490. The first-order valence-electron chi connectivity index (χ1n) is 11.2. The van der Waals surface area contributed by atoms with Crippen LogP contribution in [0.1, 0.15) is 16.7 Å². The van der Waals surface area contributed by atoms with E-state index in [1.54, 1.807) is 37.4 Å². The zero-order valence-electron chi connectivity index (χ0n) is 19.9. The van der Waals surface area contributed by atoms with E-state index in [2.05, 4.69) is 4.98 Å². The molecule has 1 aromatic heterocycles. The van der Waals surface area contributed by atoms with Crippen LogP contribution in [0.15, 0.2) is 82.5 Å². The maximum atomic E-state index is 13.7. The van der Waals surface area contributed by atoms with E-state index in [1.165, 1.54) is 23.5 Å². The first-order valence-corrected chi connectivity index (χ1v) is 12.6. The third kappa shape index (κ3) is 5.39. The molecule has 0 radical (unpaired) electrons. The number of nitrogens with zero attached hydrogens (tertiary/aromatic N) is 1. The van der Waals surface area contributed by atoms with Gasteiger partial charge in [0.05, 0.1) is 19.1 Å². The average Bonchev–Trinajstić information content (AvgIpc) is 2.87. The van der Waals surface area contributed by atoms with E-state index in [1.807, 2.05) is 37.3 Å². The van der Waals surface area contributed by atoms with E-state index >= 15 is 0 Å². The number of benzene rings is 3. The van der Waals surface area contributed by atoms with E-state index in [4.69, 9.17) is 9.47 Å². The third-order valence-corrected chi connectivity index (χ3v) is 7.92. The van der Waals surface area contributed by atoms with Crippen molar-refractivity contribution in [1.82, 2.24) is 9.29 Å². The molecule has 4 aromatic rings. The number of fused-ring (bicyclic) bond motifs is 1. The number of aromatic amines is 1. The standard InChI is InChI=1S/C27H28N2O5S/c1-19-6-4-5-7-20(19)14-15-29(35(31,32)25-11-8-23(33-2)9-12-25)18-22-16-21-17-24(34-3)10-13-26(21)28-27(22)30/h4-13,16-17H,14-15,18H2,1-3H3,(H,28,30). The molecule has 8 heteroatoms. The lowest BCUT2D eigenvalue weighted by atomic mass is 10.1. The third-order valence-electron chi connectivity index (χ3n) is 6.06. The van der Waals surface area contributed by atoms with Crippen molar-refractivity contribution < 1.29 is 17.9 Å². The van der Waals surface area contributed by atoms with Crippen LogP contribution in [-0.4, -0.2) is 38.5 Å². The number of sulfonamides is 1. The van der Waals surface area contributed by atoms with Gasteiger partial charge in [-0.05, 0) is 73.0 Å². The molecule has 1 heterocycles. The molecule has 7 nitrogen and oxygen atoms in total. The Morgan fingerprint density at radius 3 is 2.23 bits per heavy atom. The molecule has 35 heavy (non-hydrogen) atoms. The van der Waals surface area contributed by atoms with Crippen LogP contribution in [0.2, 0.25) is 0 Å². The highest BCUT2D eigenvalue weighted by atomic mass is 32.2. The zero-order chi connectivity index (χ0) is 25.0. The van der Waals surface area contributed by atoms with Gasteiger partial charge in [-0.25, -0.2) is 8.42 Å². The van der Waals surface area contributed by atoms with Crippen LogP contribution >= 0.6 is 0 Å². The number of hydrogen-bond donors (Lipinski definition) is 1. The molecule has 0 bridgehead atoms. The van der Waals surface area contributed by atoms with Crippen molar-refractivity contribution in [3.8, 4) is 11.5 Å². The van der Waals surface area contributed by atoms with Gasteiger partial charge in [0, 0.05) is 29.6 Å². The molecule has 1 N–H and O–H groups in total. The summed E-state index contributed by atoms with van der Waals surface area (Å²) in [6, 6.07) is 21.2. The Labute approximate surface area is 205 Å². The summed E-state index contributed by atoms with van der Waals surface area (Å²) in [4.78, 5) is 15.9. The monoisotopic (exact) mass is 492 g/mol. The van der Waals surface area contributed by atoms with Crippen LogP contribution in [-0.2, 0) is 23.0 Å². The van der Waals surface area contributed by atoms with Gasteiger partial charge in [0.1, 0.15) is 11.5 Å². The molecule has 0 fully saturated rings. The van der Waals surface area contributed by atoms with Crippen molar-refractivity contribution in [2.45, 2.75) is 24.8 Å². The molecule has 0 atom stereocenters. The summed E-state index contributed by atoms with van der Waals surface area (Å²) in [6.45, 7) is 2.15. The van der Waals surface area contributed by atoms with Gasteiger partial charge < -0.3 is 14.5 Å². The lowest BCUT2D eigenvalue weighted by Gasteiger charge is -2.23. The minimum absolute atomic E-state index is 0.0667. The summed E-state index contributed by atoms with van der Waals surface area (Å²) >= 11 is 0. The fraction of sp³-hybridized carbons (Fsp3) is 0.222. The highest BCUT2D eigenvalue weighted by Crippen LogP contribution is 2.23. The van der Waals surface area contributed by atoms with Crippen LogP contribution in [0.3, 0.4) is 0 Å². The fourth-order valence-corrected chi connectivity index (χ4v) is 5.40. The van der Waals surface area contributed by atoms with E-state index in [0.717, 1.165) is 16.5 Å². The van der Waals surface area contributed by atoms with E-state index in [-0.39, 0.29) is 23.5 Å². The number of ether oxygens (including phenoxy) is 2. The molecule has 0 aliphatic carbocycles. The molecule has 0 saturated carbocycles. The second-order valence-electron chi connectivity index (χ2n) is 8.27. The Morgan fingerprint density at radius 2 is 1.54 bits per heavy atom. The van der Waals surface area contributed by atoms with Crippen molar-refractivity contribution in [3.05, 3.63) is 99.8 Å². The maximum absolute atomic E-state index is 13.7. The van der Waals surface area contributed by atoms with Crippen LogP contribution in [0.5, 0.6) is 11.5 Å². The first kappa shape index (κ1) is 24.5. The van der Waals surface area contributed by atoms with Crippen molar-refractivity contribution in [2.24, 2.45) is 0 Å². The van der Waals surface area contributed by atoms with Gasteiger partial charge >= 0.3 is 0 Å². The Morgan fingerprint density at radius 1 is 0.857 bits per heavy atom. The molecule has 3 aromatic carbocycles. The first-order chi connectivity index (χ1) is 16.8. The van der Waals surface area contributed by atoms with Gasteiger partial charge in [0.2, 0.25) is 10.0 Å². The largest absolute Gasteiger partial charge is 0.497 e. The van der Waals surface area contributed by atoms with Crippen molar-refractivity contribution in [1.29, 1.82) is 0 Å². The Balaban J connectivity index is 1.72. The molecule has 0 spiro atoms. The van der Waals surface area contributed by atoms with Crippen LogP contribution in [0.25, 0.3) is 10.9 Å². The second kappa shape index (κ2) is 10.3. The summed E-state index contributed by atoms with van der Waals surface area (Å²) < 4.78 is 39.2. The SMILES string of the molecule is COc1ccc(S(=O)(=O)N(CCc2ccccc2C)Cc2cc3cc(OC)ccc3[nH]c2=O)cc1. The molecule has 4 rings (SSSR count). The highest BCUT2D eigenvalue weighted by Gasteiger charge is 2.26. The minimum Gasteiger partial charge on any atom is -0.497 e. The summed E-state index contributed by atoms with van der Waals surface area (Å²) in [5, 5.41) is 0.764. The normalized spacial score (nSPS) is 11.7. The lowest BCUT2D eigenvalue weighted by molar-refractivity contribution is 0.406. The quantitative estimate of drug-likeness (QED) is 0.377. The van der Waals surface area contributed by atoms with Gasteiger partial charge in [-0.3, -0.25) is 4.79 Å². The Kier molecular flexibility index (Phi) is 7.23. The van der Waals surface area contributed by atoms with E-state index in [0.29, 0.717) is 29.0 Å². The number of aromatic nitrogens is 1. The molecule has 0 amide bonds. The second-order valence-corrected chi connectivity index (χ2v) is 10.2. The number of aryl methyl sites for hydroxylation is 1. The zero-order valence-corrected chi connectivity index (χ0v) is 20.8. The number of rotatable bonds is 9. The molecule has 0 saturated heterocycles. The predicted molar refractivity (Wildman–Crippen MR) is 137 cm³/mol.